The van der Waals surface area contributed by atoms with E-state index in [1.807, 2.05) is 6.07 Å². The number of hydrogen-bond donors (Lipinski definition) is 1. The molecule has 1 aliphatic carbocycles. The minimum atomic E-state index is 0.0112. The molecule has 3 rings (SSSR count). The zero-order valence-electron chi connectivity index (χ0n) is 12.7. The largest absolute Gasteiger partial charge is 0.377 e. The van der Waals surface area contributed by atoms with Crippen molar-refractivity contribution in [1.29, 1.82) is 5.26 Å². The number of aromatic nitrogens is 3. The first kappa shape index (κ1) is 14.5. The van der Waals surface area contributed by atoms with Crippen molar-refractivity contribution in [2.75, 3.05) is 5.32 Å². The lowest BCUT2D eigenvalue weighted by Gasteiger charge is -2.36. The first-order valence-electron chi connectivity index (χ1n) is 7.64. The van der Waals surface area contributed by atoms with E-state index in [-0.39, 0.29) is 5.54 Å². The van der Waals surface area contributed by atoms with Crippen molar-refractivity contribution in [2.24, 2.45) is 0 Å². The summed E-state index contributed by atoms with van der Waals surface area (Å²) in [5, 5.41) is 13.0. The van der Waals surface area contributed by atoms with Crippen LogP contribution in [0.4, 0.5) is 5.69 Å². The lowest BCUT2D eigenvalue weighted by molar-refractivity contribution is 0.349. The van der Waals surface area contributed by atoms with Gasteiger partial charge in [-0.05, 0) is 25.8 Å². The Kier molecular flexibility index (Phi) is 4.01. The van der Waals surface area contributed by atoms with Crippen LogP contribution in [0.5, 0.6) is 0 Å². The number of pyridine rings is 1. The van der Waals surface area contributed by atoms with Crippen molar-refractivity contribution in [1.82, 2.24) is 15.0 Å². The zero-order valence-corrected chi connectivity index (χ0v) is 12.7. The second-order valence-corrected chi connectivity index (χ2v) is 6.07. The van der Waals surface area contributed by atoms with Gasteiger partial charge < -0.3 is 5.32 Å². The fourth-order valence-corrected chi connectivity index (χ4v) is 3.11. The van der Waals surface area contributed by atoms with E-state index in [9.17, 15) is 5.26 Å². The maximum Gasteiger partial charge on any atom is 0.164 e. The van der Waals surface area contributed by atoms with Crippen LogP contribution in [0, 0.1) is 11.3 Å². The third-order valence-electron chi connectivity index (χ3n) is 4.31. The molecule has 1 fully saturated rings. The molecule has 1 saturated carbocycles. The first-order valence-corrected chi connectivity index (χ1v) is 7.64. The topological polar surface area (TPSA) is 74.5 Å². The summed E-state index contributed by atoms with van der Waals surface area (Å²) >= 11 is 0. The molecule has 0 atom stereocenters. The minimum absolute atomic E-state index is 0.0112. The number of nitriles is 1. The van der Waals surface area contributed by atoms with Gasteiger partial charge in [-0.25, -0.2) is 15.0 Å². The van der Waals surface area contributed by atoms with Gasteiger partial charge in [0.15, 0.2) is 5.69 Å². The molecule has 0 spiro atoms. The maximum atomic E-state index is 9.42. The van der Waals surface area contributed by atoms with Crippen LogP contribution in [-0.4, -0.2) is 20.5 Å². The molecule has 0 radical (unpaired) electrons. The summed E-state index contributed by atoms with van der Waals surface area (Å²) in [7, 11) is 0. The smallest absolute Gasteiger partial charge is 0.164 e. The number of hydrogen-bond acceptors (Lipinski definition) is 5. The van der Waals surface area contributed by atoms with Crippen LogP contribution in [0.1, 0.15) is 44.7 Å². The Morgan fingerprint density at radius 2 is 1.91 bits per heavy atom. The molecule has 2 heterocycles. The summed E-state index contributed by atoms with van der Waals surface area (Å²) in [6, 6.07) is 4.11. The van der Waals surface area contributed by atoms with Gasteiger partial charge in [-0.3, -0.25) is 0 Å². The summed E-state index contributed by atoms with van der Waals surface area (Å²) in [5.41, 5.74) is 3.05. The quantitative estimate of drug-likeness (QED) is 0.936. The summed E-state index contributed by atoms with van der Waals surface area (Å²) in [6.07, 6.45) is 12.6. The van der Waals surface area contributed by atoms with Gasteiger partial charge in [0.1, 0.15) is 12.4 Å². The summed E-state index contributed by atoms with van der Waals surface area (Å²) in [5.74, 6) is 0. The molecule has 2 aromatic heterocycles. The molecule has 1 N–H and O–H groups in total. The van der Waals surface area contributed by atoms with E-state index in [0.29, 0.717) is 5.69 Å². The van der Waals surface area contributed by atoms with Crippen LogP contribution in [0.3, 0.4) is 0 Å². The van der Waals surface area contributed by atoms with Gasteiger partial charge in [0, 0.05) is 35.3 Å². The average molecular weight is 293 g/mol. The lowest BCUT2D eigenvalue weighted by Crippen LogP contribution is -2.37. The van der Waals surface area contributed by atoms with Gasteiger partial charge in [-0.1, -0.05) is 19.3 Å². The zero-order chi connectivity index (χ0) is 15.4. The van der Waals surface area contributed by atoms with Crippen LogP contribution in [0.25, 0.3) is 11.1 Å². The van der Waals surface area contributed by atoms with E-state index in [0.717, 1.165) is 29.7 Å². The van der Waals surface area contributed by atoms with Gasteiger partial charge in [0.05, 0.1) is 5.69 Å². The first-order chi connectivity index (χ1) is 10.7. The molecule has 0 unspecified atom stereocenters. The van der Waals surface area contributed by atoms with Gasteiger partial charge in [0.25, 0.3) is 0 Å². The van der Waals surface area contributed by atoms with Gasteiger partial charge >= 0.3 is 0 Å². The summed E-state index contributed by atoms with van der Waals surface area (Å²) in [4.78, 5) is 12.4. The lowest BCUT2D eigenvalue weighted by atomic mass is 9.83. The monoisotopic (exact) mass is 293 g/mol. The van der Waals surface area contributed by atoms with E-state index in [4.69, 9.17) is 0 Å². The Hall–Kier alpha value is -2.48. The molecular formula is C17H19N5. The van der Waals surface area contributed by atoms with Crippen LogP contribution in [0.15, 0.2) is 31.0 Å². The van der Waals surface area contributed by atoms with Crippen molar-refractivity contribution >= 4 is 5.69 Å². The van der Waals surface area contributed by atoms with E-state index >= 15 is 0 Å². The predicted octanol–water partition coefficient (Wildman–Crippen LogP) is 3.54. The minimum Gasteiger partial charge on any atom is -0.377 e. The maximum absolute atomic E-state index is 9.42. The van der Waals surface area contributed by atoms with E-state index in [1.54, 1.807) is 18.6 Å². The molecule has 1 aliphatic rings. The van der Waals surface area contributed by atoms with Crippen LogP contribution in [-0.2, 0) is 0 Å². The van der Waals surface area contributed by atoms with Gasteiger partial charge in [0.2, 0.25) is 0 Å². The standard InChI is InChI=1S/C17H19N5/c1-17(6-3-2-4-7-17)22-16-14(5-8-21-15(16)9-18)13-10-19-12-20-11-13/h5,8,10-12,22H,2-4,6-7H2,1H3. The van der Waals surface area contributed by atoms with Crippen LogP contribution >= 0.6 is 0 Å². The molecule has 112 valence electrons. The highest BCUT2D eigenvalue weighted by Gasteiger charge is 2.28. The van der Waals surface area contributed by atoms with Gasteiger partial charge in [-0.15, -0.1) is 0 Å². The molecule has 2 aromatic rings. The molecule has 0 amide bonds. The van der Waals surface area contributed by atoms with Crippen LogP contribution in [0.2, 0.25) is 0 Å². The molecule has 0 saturated heterocycles. The number of rotatable bonds is 3. The van der Waals surface area contributed by atoms with Crippen molar-refractivity contribution in [3.05, 3.63) is 36.7 Å². The number of anilines is 1. The van der Waals surface area contributed by atoms with Crippen LogP contribution < -0.4 is 5.32 Å². The highest BCUT2D eigenvalue weighted by Crippen LogP contribution is 2.36. The van der Waals surface area contributed by atoms with Crippen molar-refractivity contribution in [2.45, 2.75) is 44.6 Å². The molecule has 0 aromatic carbocycles. The Labute approximate surface area is 130 Å². The SMILES string of the molecule is CC1(Nc2c(-c3cncnc3)ccnc2C#N)CCCCC1. The second kappa shape index (κ2) is 6.10. The van der Waals surface area contributed by atoms with Crippen molar-refractivity contribution in [3.8, 4) is 17.2 Å². The predicted molar refractivity (Wildman–Crippen MR) is 85.1 cm³/mol. The van der Waals surface area contributed by atoms with Crippen molar-refractivity contribution in [3.63, 3.8) is 0 Å². The molecular weight excluding hydrogens is 274 g/mol. The summed E-state index contributed by atoms with van der Waals surface area (Å²) in [6.45, 7) is 2.23. The third kappa shape index (κ3) is 2.91. The molecule has 22 heavy (non-hydrogen) atoms. The fraction of sp³-hybridized carbons (Fsp3) is 0.412. The molecule has 5 nitrogen and oxygen atoms in total. The number of nitrogens with zero attached hydrogens (tertiary/aromatic N) is 4. The second-order valence-electron chi connectivity index (χ2n) is 6.07. The van der Waals surface area contributed by atoms with E-state index < -0.39 is 0 Å². The molecule has 5 heteroatoms. The van der Waals surface area contributed by atoms with E-state index in [2.05, 4.69) is 33.3 Å². The third-order valence-corrected chi connectivity index (χ3v) is 4.31. The molecule has 0 bridgehead atoms. The Balaban J connectivity index is 2.03. The summed E-state index contributed by atoms with van der Waals surface area (Å²) < 4.78 is 0. The Bertz CT molecular complexity index is 684. The molecule has 0 aliphatic heterocycles. The Morgan fingerprint density at radius 3 is 2.59 bits per heavy atom. The van der Waals surface area contributed by atoms with Crippen molar-refractivity contribution < 1.29 is 0 Å². The fourth-order valence-electron chi connectivity index (χ4n) is 3.11. The average Bonchev–Trinajstić information content (AvgIpc) is 2.56. The number of nitrogens with one attached hydrogen (secondary N) is 1. The highest BCUT2D eigenvalue weighted by atomic mass is 15.0. The van der Waals surface area contributed by atoms with Gasteiger partial charge in [-0.2, -0.15) is 5.26 Å². The highest BCUT2D eigenvalue weighted by molar-refractivity contribution is 5.80. The Morgan fingerprint density at radius 1 is 1.18 bits per heavy atom. The normalized spacial score (nSPS) is 16.7. The van der Waals surface area contributed by atoms with E-state index in [1.165, 1.54) is 25.6 Å².